The number of fused-ring (bicyclic) bond motifs is 1. The fourth-order valence-electron chi connectivity index (χ4n) is 4.39. The number of aromatic nitrogens is 3. The van der Waals surface area contributed by atoms with Gasteiger partial charge in [-0.2, -0.15) is 0 Å². The minimum atomic E-state index is -3.52. The molecule has 0 bridgehead atoms. The van der Waals surface area contributed by atoms with Crippen LogP contribution in [-0.2, 0) is 19.5 Å². The lowest BCUT2D eigenvalue weighted by Gasteiger charge is -2.35. The molecule has 1 N–H and O–H groups in total. The summed E-state index contributed by atoms with van der Waals surface area (Å²) in [6.07, 6.45) is 3.02. The van der Waals surface area contributed by atoms with Crippen molar-refractivity contribution in [1.82, 2.24) is 19.3 Å². The van der Waals surface area contributed by atoms with Gasteiger partial charge in [-0.1, -0.05) is 12.1 Å². The van der Waals surface area contributed by atoms with Crippen LogP contribution in [0.4, 0.5) is 5.82 Å². The minimum Gasteiger partial charge on any atom is -0.377 e. The van der Waals surface area contributed by atoms with Gasteiger partial charge in [0.05, 0.1) is 24.9 Å². The van der Waals surface area contributed by atoms with Crippen molar-refractivity contribution in [2.45, 2.75) is 30.6 Å². The molecule has 2 aromatic heterocycles. The van der Waals surface area contributed by atoms with Gasteiger partial charge in [0.2, 0.25) is 10.0 Å². The van der Waals surface area contributed by atoms with Crippen molar-refractivity contribution in [3.05, 3.63) is 42.2 Å². The maximum Gasteiger partial charge on any atom is 0.225 e. The fourth-order valence-corrected chi connectivity index (χ4v) is 6.08. The third-order valence-electron chi connectivity index (χ3n) is 6.36. The Morgan fingerprint density at radius 1 is 1.23 bits per heavy atom. The Kier molecular flexibility index (Phi) is 4.80. The second-order valence-electron chi connectivity index (χ2n) is 8.58. The van der Waals surface area contributed by atoms with Crippen LogP contribution in [-0.4, -0.2) is 67.6 Å². The van der Waals surface area contributed by atoms with Crippen LogP contribution in [0, 0.1) is 0 Å². The fraction of sp³-hybridized carbons (Fsp3) is 0.455. The van der Waals surface area contributed by atoms with E-state index < -0.39 is 14.8 Å². The zero-order chi connectivity index (χ0) is 21.8. The molecule has 0 spiro atoms. The molecular weight excluding hydrogens is 414 g/mol. The van der Waals surface area contributed by atoms with Gasteiger partial charge in [-0.25, -0.2) is 22.7 Å². The number of nitrogens with zero attached hydrogens (tertiary/aromatic N) is 4. The highest BCUT2D eigenvalue weighted by Crippen LogP contribution is 2.53. The first kappa shape index (κ1) is 20.4. The molecule has 31 heavy (non-hydrogen) atoms. The lowest BCUT2D eigenvalue weighted by molar-refractivity contribution is 0.0985. The Balaban J connectivity index is 1.71. The number of hydrogen-bond acceptors (Lipinski definition) is 6. The second kappa shape index (κ2) is 7.29. The van der Waals surface area contributed by atoms with Crippen LogP contribution >= 0.6 is 0 Å². The number of hydrogen-bond donors (Lipinski definition) is 1. The molecule has 2 fully saturated rings. The van der Waals surface area contributed by atoms with E-state index in [0.29, 0.717) is 44.1 Å². The summed E-state index contributed by atoms with van der Waals surface area (Å²) in [5, 5.41) is 1.01. The van der Waals surface area contributed by atoms with Crippen molar-refractivity contribution < 1.29 is 13.2 Å². The first-order chi connectivity index (χ1) is 14.8. The van der Waals surface area contributed by atoms with Gasteiger partial charge in [0.15, 0.2) is 5.82 Å². The quantitative estimate of drug-likeness (QED) is 0.655. The first-order valence-electron chi connectivity index (χ1n) is 10.6. The topological polar surface area (TPSA) is 91.4 Å². The molecular formula is C22H27N5O3S. The van der Waals surface area contributed by atoms with Crippen molar-refractivity contribution in [3.8, 4) is 11.4 Å². The zero-order valence-corrected chi connectivity index (χ0v) is 18.8. The number of anilines is 1. The van der Waals surface area contributed by atoms with Gasteiger partial charge in [-0.05, 0) is 31.9 Å². The van der Waals surface area contributed by atoms with E-state index in [0.717, 1.165) is 22.3 Å². The van der Waals surface area contributed by atoms with Crippen molar-refractivity contribution in [2.24, 2.45) is 0 Å². The molecule has 0 unspecified atom stereocenters. The predicted molar refractivity (Wildman–Crippen MR) is 120 cm³/mol. The van der Waals surface area contributed by atoms with E-state index in [1.807, 2.05) is 36.5 Å². The van der Waals surface area contributed by atoms with Crippen LogP contribution < -0.4 is 4.90 Å². The highest BCUT2D eigenvalue weighted by molar-refractivity contribution is 7.90. The molecule has 9 heteroatoms. The standard InChI is InChI=1S/C22H27N5O3S/c1-15-14-30-12-11-27(15)20-13-19(22(8-9-22)31(28,29)26(2)3)24-21(25-20)17-5-4-6-18-16(17)7-10-23-18/h4-7,10,13,15,23H,8-9,11-12,14H2,1-3H3/t15-/m1/s1. The average Bonchev–Trinajstić information content (AvgIpc) is 3.45. The summed E-state index contributed by atoms with van der Waals surface area (Å²) in [6, 6.07) is 9.98. The molecule has 0 radical (unpaired) electrons. The first-order valence-corrected chi connectivity index (χ1v) is 12.0. The average molecular weight is 442 g/mol. The number of ether oxygens (including phenoxy) is 1. The highest BCUT2D eigenvalue weighted by atomic mass is 32.2. The molecule has 3 aromatic rings. The lowest BCUT2D eigenvalue weighted by Crippen LogP contribution is -2.44. The molecule has 5 rings (SSSR count). The van der Waals surface area contributed by atoms with Gasteiger partial charge in [-0.3, -0.25) is 0 Å². The van der Waals surface area contributed by atoms with Gasteiger partial charge in [-0.15, -0.1) is 0 Å². The Hall–Kier alpha value is -2.49. The molecule has 1 saturated heterocycles. The van der Waals surface area contributed by atoms with Gasteiger partial charge in [0, 0.05) is 49.4 Å². The molecule has 8 nitrogen and oxygen atoms in total. The molecule has 3 heterocycles. The van der Waals surface area contributed by atoms with E-state index in [2.05, 4.69) is 16.8 Å². The predicted octanol–water partition coefficient (Wildman–Crippen LogP) is 2.73. The number of morpholine rings is 1. The third-order valence-corrected chi connectivity index (χ3v) is 8.92. The van der Waals surface area contributed by atoms with E-state index >= 15 is 0 Å². The summed E-state index contributed by atoms with van der Waals surface area (Å²) in [5.74, 6) is 1.31. The molecule has 1 aliphatic heterocycles. The number of nitrogens with one attached hydrogen (secondary N) is 1. The lowest BCUT2D eigenvalue weighted by atomic mass is 10.1. The summed E-state index contributed by atoms with van der Waals surface area (Å²) < 4.78 is 32.4. The smallest absolute Gasteiger partial charge is 0.225 e. The summed E-state index contributed by atoms with van der Waals surface area (Å²) >= 11 is 0. The molecule has 164 valence electrons. The van der Waals surface area contributed by atoms with Gasteiger partial charge in [0.25, 0.3) is 0 Å². The van der Waals surface area contributed by atoms with Gasteiger partial charge in [0.1, 0.15) is 10.6 Å². The van der Waals surface area contributed by atoms with Crippen LogP contribution in [0.15, 0.2) is 36.5 Å². The van der Waals surface area contributed by atoms with Crippen LogP contribution in [0.3, 0.4) is 0 Å². The van der Waals surface area contributed by atoms with Crippen LogP contribution in [0.25, 0.3) is 22.3 Å². The van der Waals surface area contributed by atoms with Gasteiger partial charge < -0.3 is 14.6 Å². The number of rotatable bonds is 5. The highest BCUT2D eigenvalue weighted by Gasteiger charge is 2.58. The van der Waals surface area contributed by atoms with E-state index in [1.165, 1.54) is 4.31 Å². The van der Waals surface area contributed by atoms with Crippen LogP contribution in [0.1, 0.15) is 25.5 Å². The monoisotopic (exact) mass is 441 g/mol. The number of benzene rings is 1. The van der Waals surface area contributed by atoms with Crippen molar-refractivity contribution in [2.75, 3.05) is 38.8 Å². The number of H-pyrrole nitrogens is 1. The molecule has 1 atom stereocenters. The van der Waals surface area contributed by atoms with E-state index in [9.17, 15) is 8.42 Å². The van der Waals surface area contributed by atoms with E-state index in [4.69, 9.17) is 14.7 Å². The Bertz CT molecular complexity index is 1230. The summed E-state index contributed by atoms with van der Waals surface area (Å²) in [6.45, 7) is 4.03. The third kappa shape index (κ3) is 3.22. The molecule has 1 aliphatic carbocycles. The summed E-state index contributed by atoms with van der Waals surface area (Å²) in [5.41, 5.74) is 2.46. The van der Waals surface area contributed by atoms with Crippen molar-refractivity contribution in [3.63, 3.8) is 0 Å². The van der Waals surface area contributed by atoms with Crippen molar-refractivity contribution in [1.29, 1.82) is 0 Å². The maximum atomic E-state index is 13.2. The minimum absolute atomic E-state index is 0.146. The Morgan fingerprint density at radius 3 is 2.74 bits per heavy atom. The molecule has 1 aromatic carbocycles. The summed E-state index contributed by atoms with van der Waals surface area (Å²) in [7, 11) is -0.344. The largest absolute Gasteiger partial charge is 0.377 e. The van der Waals surface area contributed by atoms with Crippen LogP contribution in [0.2, 0.25) is 0 Å². The SMILES string of the molecule is C[C@@H]1COCCN1c1cc(C2(S(=O)(=O)N(C)C)CC2)nc(-c2cccc3[nH]ccc23)n1. The molecule has 1 saturated carbocycles. The molecule has 0 amide bonds. The van der Waals surface area contributed by atoms with Gasteiger partial charge >= 0.3 is 0 Å². The van der Waals surface area contributed by atoms with E-state index in [-0.39, 0.29) is 6.04 Å². The zero-order valence-electron chi connectivity index (χ0n) is 18.0. The second-order valence-corrected chi connectivity index (χ2v) is 11.0. The Morgan fingerprint density at radius 2 is 2.03 bits per heavy atom. The summed E-state index contributed by atoms with van der Waals surface area (Å²) in [4.78, 5) is 15.2. The van der Waals surface area contributed by atoms with E-state index in [1.54, 1.807) is 14.1 Å². The number of aromatic amines is 1. The number of sulfonamides is 1. The molecule has 2 aliphatic rings. The maximum absolute atomic E-state index is 13.2. The van der Waals surface area contributed by atoms with Crippen molar-refractivity contribution >= 4 is 26.7 Å². The van der Waals surface area contributed by atoms with Crippen LogP contribution in [0.5, 0.6) is 0 Å². The Labute approximate surface area is 182 Å². The normalized spacial score (nSPS) is 21.0.